The highest BCUT2D eigenvalue weighted by molar-refractivity contribution is 5.38. The number of nitrogens with zero attached hydrogens (tertiary/aromatic N) is 3. The molecule has 100 valence electrons. The van der Waals surface area contributed by atoms with Gasteiger partial charge in [-0.1, -0.05) is 0 Å². The van der Waals surface area contributed by atoms with Gasteiger partial charge >= 0.3 is 6.01 Å². The summed E-state index contributed by atoms with van der Waals surface area (Å²) in [5.74, 6) is 5.87. The van der Waals surface area contributed by atoms with Crippen LogP contribution in [-0.4, -0.2) is 38.8 Å². The first kappa shape index (κ1) is 12.8. The Bertz CT molecular complexity index is 404. The molecule has 5 N–H and O–H groups in total. The van der Waals surface area contributed by atoms with E-state index >= 15 is 0 Å². The molecule has 2 rings (SSSR count). The lowest BCUT2D eigenvalue weighted by Crippen LogP contribution is -2.48. The molecule has 8 nitrogen and oxygen atoms in total. The molecule has 0 aliphatic heterocycles. The zero-order valence-electron chi connectivity index (χ0n) is 10.3. The van der Waals surface area contributed by atoms with E-state index in [0.29, 0.717) is 12.6 Å². The van der Waals surface area contributed by atoms with Crippen molar-refractivity contribution in [2.24, 2.45) is 5.84 Å². The lowest BCUT2D eigenvalue weighted by atomic mass is 9.77. The first-order valence-electron chi connectivity index (χ1n) is 5.96. The molecule has 1 aliphatic carbocycles. The number of hydrogen-bond acceptors (Lipinski definition) is 8. The molecule has 0 unspecified atom stereocenters. The molecule has 8 heteroatoms. The van der Waals surface area contributed by atoms with Gasteiger partial charge in [0, 0.05) is 0 Å². The number of anilines is 2. The van der Waals surface area contributed by atoms with Crippen LogP contribution in [0.2, 0.25) is 0 Å². The number of rotatable bonds is 6. The van der Waals surface area contributed by atoms with Crippen LogP contribution in [0.3, 0.4) is 0 Å². The predicted molar refractivity (Wildman–Crippen MR) is 66.1 cm³/mol. The van der Waals surface area contributed by atoms with Crippen LogP contribution in [0.5, 0.6) is 6.01 Å². The molecule has 0 radical (unpaired) electrons. The summed E-state index contributed by atoms with van der Waals surface area (Å²) >= 11 is 0. The summed E-state index contributed by atoms with van der Waals surface area (Å²) in [7, 11) is 0. The number of hydrogen-bond donors (Lipinski definition) is 4. The fraction of sp³-hybridized carbons (Fsp3) is 0.700. The molecule has 1 fully saturated rings. The quantitative estimate of drug-likeness (QED) is 0.410. The predicted octanol–water partition coefficient (Wildman–Crippen LogP) is -0.117. The third-order valence-corrected chi connectivity index (χ3v) is 3.01. The molecule has 1 saturated carbocycles. The van der Waals surface area contributed by atoms with E-state index in [-0.39, 0.29) is 24.1 Å². The Morgan fingerprint density at radius 1 is 1.33 bits per heavy atom. The molecule has 0 bridgehead atoms. The van der Waals surface area contributed by atoms with Crippen LogP contribution < -0.4 is 21.3 Å². The van der Waals surface area contributed by atoms with Gasteiger partial charge in [0.05, 0.1) is 18.8 Å². The molecule has 0 spiro atoms. The second kappa shape index (κ2) is 5.32. The zero-order chi connectivity index (χ0) is 13.0. The second-order valence-electron chi connectivity index (χ2n) is 4.26. The normalized spacial score (nSPS) is 16.8. The van der Waals surface area contributed by atoms with Gasteiger partial charge < -0.3 is 15.2 Å². The summed E-state index contributed by atoms with van der Waals surface area (Å²) in [5.41, 5.74) is 2.04. The lowest BCUT2D eigenvalue weighted by Gasteiger charge is -2.40. The lowest BCUT2D eigenvalue weighted by molar-refractivity contribution is 0.143. The van der Waals surface area contributed by atoms with Crippen molar-refractivity contribution >= 4 is 11.9 Å². The smallest absolute Gasteiger partial charge is 0.323 e. The van der Waals surface area contributed by atoms with E-state index in [2.05, 4.69) is 25.7 Å². The molecule has 1 aromatic rings. The Morgan fingerprint density at radius 2 is 2.06 bits per heavy atom. The van der Waals surface area contributed by atoms with Gasteiger partial charge in [-0.05, 0) is 26.2 Å². The minimum atomic E-state index is -0.323. The van der Waals surface area contributed by atoms with Gasteiger partial charge in [-0.25, -0.2) is 5.84 Å². The maximum Gasteiger partial charge on any atom is 0.323 e. The number of nitrogen functional groups attached to an aromatic ring is 1. The molecular formula is C10H18N6O2. The van der Waals surface area contributed by atoms with Crippen molar-refractivity contribution < 1.29 is 9.84 Å². The third-order valence-electron chi connectivity index (χ3n) is 3.01. The highest BCUT2D eigenvalue weighted by Crippen LogP contribution is 2.34. The van der Waals surface area contributed by atoms with E-state index in [1.54, 1.807) is 0 Å². The Kier molecular flexibility index (Phi) is 3.78. The van der Waals surface area contributed by atoms with Gasteiger partial charge in [-0.3, -0.25) is 5.43 Å². The summed E-state index contributed by atoms with van der Waals surface area (Å²) in [5, 5.41) is 12.5. The van der Waals surface area contributed by atoms with Crippen LogP contribution in [0.25, 0.3) is 0 Å². The van der Waals surface area contributed by atoms with E-state index in [1.807, 2.05) is 6.92 Å². The van der Waals surface area contributed by atoms with Gasteiger partial charge in [0.25, 0.3) is 0 Å². The number of nitrogens with one attached hydrogen (secondary N) is 2. The standard InChI is InChI=1S/C10H18N6O2/c1-2-18-9-13-7(12-8(14-9)16-11)15-10(6-17)4-3-5-10/h17H,2-6,11H2,1H3,(H2,12,13,14,15,16). The number of aromatic nitrogens is 3. The van der Waals surface area contributed by atoms with Crippen molar-refractivity contribution in [2.75, 3.05) is 24.0 Å². The van der Waals surface area contributed by atoms with Gasteiger partial charge in [0.15, 0.2) is 0 Å². The van der Waals surface area contributed by atoms with Crippen LogP contribution >= 0.6 is 0 Å². The summed E-state index contributed by atoms with van der Waals surface area (Å²) < 4.78 is 5.23. The Morgan fingerprint density at radius 3 is 2.56 bits per heavy atom. The van der Waals surface area contributed by atoms with Crippen molar-refractivity contribution in [3.05, 3.63) is 0 Å². The van der Waals surface area contributed by atoms with Crippen LogP contribution in [0.15, 0.2) is 0 Å². The molecule has 18 heavy (non-hydrogen) atoms. The Hall–Kier alpha value is -1.67. The minimum Gasteiger partial charge on any atom is -0.464 e. The third kappa shape index (κ3) is 2.59. The largest absolute Gasteiger partial charge is 0.464 e. The first-order chi connectivity index (χ1) is 8.71. The topological polar surface area (TPSA) is 118 Å². The Balaban J connectivity index is 2.18. The molecule has 0 amide bonds. The van der Waals surface area contributed by atoms with Gasteiger partial charge in [-0.15, -0.1) is 0 Å². The minimum absolute atomic E-state index is 0.0496. The van der Waals surface area contributed by atoms with Crippen LogP contribution in [0.1, 0.15) is 26.2 Å². The van der Waals surface area contributed by atoms with Crippen molar-refractivity contribution in [1.29, 1.82) is 0 Å². The van der Waals surface area contributed by atoms with Crippen LogP contribution in [0, 0.1) is 0 Å². The summed E-state index contributed by atoms with van der Waals surface area (Å²) in [6.45, 7) is 2.35. The average Bonchev–Trinajstić information content (AvgIpc) is 2.34. The van der Waals surface area contributed by atoms with Crippen molar-refractivity contribution in [2.45, 2.75) is 31.7 Å². The maximum absolute atomic E-state index is 9.39. The van der Waals surface area contributed by atoms with Crippen LogP contribution in [0.4, 0.5) is 11.9 Å². The highest BCUT2D eigenvalue weighted by Gasteiger charge is 2.37. The van der Waals surface area contributed by atoms with E-state index < -0.39 is 0 Å². The summed E-state index contributed by atoms with van der Waals surface area (Å²) in [6.07, 6.45) is 2.87. The zero-order valence-corrected chi connectivity index (χ0v) is 10.3. The van der Waals surface area contributed by atoms with E-state index in [1.165, 1.54) is 0 Å². The second-order valence-corrected chi connectivity index (χ2v) is 4.26. The van der Waals surface area contributed by atoms with Crippen molar-refractivity contribution in [3.8, 4) is 6.01 Å². The van der Waals surface area contributed by atoms with Crippen molar-refractivity contribution in [1.82, 2.24) is 15.0 Å². The summed E-state index contributed by atoms with van der Waals surface area (Å²) in [6, 6.07) is 0.204. The fourth-order valence-electron chi connectivity index (χ4n) is 1.83. The molecule has 1 aliphatic rings. The molecule has 0 aromatic carbocycles. The molecule has 0 saturated heterocycles. The van der Waals surface area contributed by atoms with E-state index in [0.717, 1.165) is 19.3 Å². The Labute approximate surface area is 105 Å². The molecule has 0 atom stereocenters. The number of nitrogens with two attached hydrogens (primary N) is 1. The molecule has 1 aromatic heterocycles. The number of ether oxygens (including phenoxy) is 1. The maximum atomic E-state index is 9.39. The van der Waals surface area contributed by atoms with Gasteiger partial charge in [0.1, 0.15) is 0 Å². The van der Waals surface area contributed by atoms with Gasteiger partial charge in [0.2, 0.25) is 11.9 Å². The van der Waals surface area contributed by atoms with E-state index in [9.17, 15) is 5.11 Å². The SMILES string of the molecule is CCOc1nc(NN)nc(NC2(CO)CCC2)n1. The van der Waals surface area contributed by atoms with Gasteiger partial charge in [-0.2, -0.15) is 15.0 Å². The van der Waals surface area contributed by atoms with E-state index in [4.69, 9.17) is 10.6 Å². The number of hydrazine groups is 1. The number of aliphatic hydroxyl groups excluding tert-OH is 1. The van der Waals surface area contributed by atoms with Crippen molar-refractivity contribution in [3.63, 3.8) is 0 Å². The van der Waals surface area contributed by atoms with Crippen LogP contribution in [-0.2, 0) is 0 Å². The summed E-state index contributed by atoms with van der Waals surface area (Å²) in [4.78, 5) is 12.2. The average molecular weight is 254 g/mol. The molecular weight excluding hydrogens is 236 g/mol. The monoisotopic (exact) mass is 254 g/mol. The number of aliphatic hydroxyl groups is 1. The first-order valence-corrected chi connectivity index (χ1v) is 5.96. The molecule has 1 heterocycles. The fourth-order valence-corrected chi connectivity index (χ4v) is 1.83. The highest BCUT2D eigenvalue weighted by atomic mass is 16.5.